The van der Waals surface area contributed by atoms with Gasteiger partial charge in [0.15, 0.2) is 22.4 Å². The zero-order valence-electron chi connectivity index (χ0n) is 26.5. The number of amides is 1. The number of carbonyl (C=O) groups excluding carboxylic acids is 2. The Kier molecular flexibility index (Phi) is 15.0. The third kappa shape index (κ3) is 10.2. The van der Waals surface area contributed by atoms with Gasteiger partial charge in [0.05, 0.1) is 26.1 Å². The summed E-state index contributed by atoms with van der Waals surface area (Å²) in [5, 5.41) is 13.0. The van der Waals surface area contributed by atoms with E-state index in [0.29, 0.717) is 50.8 Å². The van der Waals surface area contributed by atoms with E-state index in [1.807, 2.05) is 6.92 Å². The fraction of sp³-hybridized carbons (Fsp3) is 0.727. The predicted octanol–water partition coefficient (Wildman–Crippen LogP) is 6.28. The number of aliphatic hydroxyl groups is 1. The Morgan fingerprint density at radius 2 is 1.84 bits per heavy atom. The molecular weight excluding hydrogens is 565 g/mol. The van der Waals surface area contributed by atoms with Crippen molar-refractivity contribution in [3.8, 4) is 12.3 Å². The van der Waals surface area contributed by atoms with Gasteiger partial charge < -0.3 is 24.5 Å². The Morgan fingerprint density at radius 3 is 2.48 bits per heavy atom. The molecule has 0 aromatic carbocycles. The minimum Gasteiger partial charge on any atom is -0.459 e. The number of ether oxygens (including phenoxy) is 2. The van der Waals surface area contributed by atoms with Crippen LogP contribution in [0.25, 0.3) is 11.2 Å². The van der Waals surface area contributed by atoms with Gasteiger partial charge in [-0.1, -0.05) is 84.0 Å². The van der Waals surface area contributed by atoms with Gasteiger partial charge in [-0.15, -0.1) is 6.42 Å². The molecule has 3 atom stereocenters. The summed E-state index contributed by atoms with van der Waals surface area (Å²) in [5.41, 5.74) is -0.974. The van der Waals surface area contributed by atoms with Crippen LogP contribution in [0.4, 0.5) is 10.2 Å². The van der Waals surface area contributed by atoms with Gasteiger partial charge in [0.2, 0.25) is 5.91 Å². The lowest BCUT2D eigenvalue weighted by atomic mass is 9.82. The molecule has 3 heterocycles. The summed E-state index contributed by atoms with van der Waals surface area (Å²) in [4.78, 5) is 37.9. The SMILES string of the molecule is C#C[C@@](CO)(CC[C@@H](CCCCCCCCCCC)n1cnc2c(NC(=O)CCCC)nc(F)nc21)C(=O)OC1CCOC1. The van der Waals surface area contributed by atoms with E-state index in [-0.39, 0.29) is 35.9 Å². The third-order valence-electron chi connectivity index (χ3n) is 8.45. The number of aliphatic hydroxyl groups excluding tert-OH is 1. The number of nitrogens with zero attached hydrogens (tertiary/aromatic N) is 4. The molecular formula is C33H50FN5O5. The summed E-state index contributed by atoms with van der Waals surface area (Å²) in [7, 11) is 0. The molecule has 3 rings (SSSR count). The molecule has 0 radical (unpaired) electrons. The molecule has 2 N–H and O–H groups in total. The van der Waals surface area contributed by atoms with Crippen molar-refractivity contribution in [2.45, 2.75) is 129 Å². The second kappa shape index (κ2) is 18.6. The van der Waals surface area contributed by atoms with Gasteiger partial charge in [-0.2, -0.15) is 14.4 Å². The van der Waals surface area contributed by atoms with Gasteiger partial charge in [0.25, 0.3) is 0 Å². The summed E-state index contributed by atoms with van der Waals surface area (Å²) in [6, 6.07) is -0.246. The lowest BCUT2D eigenvalue weighted by Crippen LogP contribution is -2.38. The predicted molar refractivity (Wildman–Crippen MR) is 167 cm³/mol. The van der Waals surface area contributed by atoms with Crippen LogP contribution < -0.4 is 5.32 Å². The van der Waals surface area contributed by atoms with Crippen LogP contribution in [0.3, 0.4) is 0 Å². The number of imidazole rings is 1. The van der Waals surface area contributed by atoms with Crippen molar-refractivity contribution < 1.29 is 28.6 Å². The monoisotopic (exact) mass is 615 g/mol. The first kappa shape index (κ1) is 35.4. The Bertz CT molecular complexity index is 1230. The van der Waals surface area contributed by atoms with Crippen molar-refractivity contribution in [2.24, 2.45) is 5.41 Å². The van der Waals surface area contributed by atoms with Gasteiger partial charge >= 0.3 is 12.0 Å². The number of esters is 1. The number of hydrogen-bond donors (Lipinski definition) is 2. The highest BCUT2D eigenvalue weighted by Crippen LogP contribution is 2.34. The molecule has 0 saturated carbocycles. The van der Waals surface area contributed by atoms with Gasteiger partial charge in [-0.3, -0.25) is 9.59 Å². The van der Waals surface area contributed by atoms with E-state index >= 15 is 0 Å². The lowest BCUT2D eigenvalue weighted by Gasteiger charge is -2.28. The number of anilines is 1. The first-order chi connectivity index (χ1) is 21.4. The fourth-order valence-electron chi connectivity index (χ4n) is 5.59. The number of rotatable bonds is 21. The molecule has 1 aliphatic rings. The molecule has 2 aromatic rings. The number of halogens is 1. The van der Waals surface area contributed by atoms with Gasteiger partial charge in [-0.25, -0.2) is 4.98 Å². The van der Waals surface area contributed by atoms with E-state index in [2.05, 4.69) is 33.1 Å². The largest absolute Gasteiger partial charge is 0.459 e. The van der Waals surface area contributed by atoms with E-state index in [1.54, 1.807) is 10.9 Å². The number of carbonyl (C=O) groups is 2. The molecule has 1 fully saturated rings. The number of hydrogen-bond acceptors (Lipinski definition) is 8. The van der Waals surface area contributed by atoms with Gasteiger partial charge in [0.1, 0.15) is 6.10 Å². The van der Waals surface area contributed by atoms with E-state index in [9.17, 15) is 19.1 Å². The molecule has 2 aromatic heterocycles. The Balaban J connectivity index is 1.78. The van der Waals surface area contributed by atoms with E-state index < -0.39 is 24.1 Å². The molecule has 1 amide bonds. The highest BCUT2D eigenvalue weighted by Gasteiger charge is 2.40. The summed E-state index contributed by atoms with van der Waals surface area (Å²) in [5.74, 6) is 1.65. The molecule has 1 aliphatic heterocycles. The molecule has 11 heteroatoms. The van der Waals surface area contributed by atoms with Gasteiger partial charge in [-0.05, 0) is 25.7 Å². The zero-order chi connectivity index (χ0) is 31.8. The average molecular weight is 616 g/mol. The second-order valence-corrected chi connectivity index (χ2v) is 11.9. The first-order valence-electron chi connectivity index (χ1n) is 16.4. The molecule has 0 spiro atoms. The normalized spacial score (nSPS) is 16.8. The third-order valence-corrected chi connectivity index (χ3v) is 8.45. The molecule has 1 unspecified atom stereocenters. The van der Waals surface area contributed by atoms with Crippen LogP contribution in [0.1, 0.15) is 123 Å². The molecule has 44 heavy (non-hydrogen) atoms. The van der Waals surface area contributed by atoms with Gasteiger partial charge in [0, 0.05) is 18.9 Å². The molecule has 0 aliphatic carbocycles. The van der Waals surface area contributed by atoms with Crippen molar-refractivity contribution in [1.82, 2.24) is 19.5 Å². The van der Waals surface area contributed by atoms with Crippen LogP contribution in [-0.4, -0.2) is 62.4 Å². The van der Waals surface area contributed by atoms with Crippen LogP contribution in [0.5, 0.6) is 0 Å². The van der Waals surface area contributed by atoms with E-state index in [1.165, 1.54) is 38.5 Å². The van der Waals surface area contributed by atoms with Crippen molar-refractivity contribution in [3.63, 3.8) is 0 Å². The number of nitrogens with one attached hydrogen (secondary N) is 1. The Hall–Kier alpha value is -3.10. The highest BCUT2D eigenvalue weighted by molar-refractivity contribution is 5.96. The van der Waals surface area contributed by atoms with Crippen molar-refractivity contribution >= 4 is 28.9 Å². The minimum atomic E-state index is -1.52. The smallest absolute Gasteiger partial charge is 0.327 e. The van der Waals surface area contributed by atoms with E-state index in [4.69, 9.17) is 15.9 Å². The van der Waals surface area contributed by atoms with Crippen molar-refractivity contribution in [2.75, 3.05) is 25.1 Å². The van der Waals surface area contributed by atoms with Crippen LogP contribution in [0, 0.1) is 23.8 Å². The second-order valence-electron chi connectivity index (χ2n) is 11.9. The van der Waals surface area contributed by atoms with Crippen molar-refractivity contribution in [3.05, 3.63) is 12.4 Å². The molecule has 0 bridgehead atoms. The standard InChI is InChI=1S/C33H50FN5O5/c1-4-7-9-10-11-12-13-14-15-16-25(18-20-33(6-3,23-40)31(42)44-26-19-21-43-22-26)39-24-35-28-29(36-27(41)17-8-5-2)37-32(34)38-30(28)39/h3,24-26,40H,4-5,7-23H2,1-2H3,(H,36,37,38,41)/t25-,26?,33+/m1/s1. The quantitative estimate of drug-likeness (QED) is 0.0727. The minimum absolute atomic E-state index is 0.0323. The fourth-order valence-corrected chi connectivity index (χ4v) is 5.59. The zero-order valence-corrected chi connectivity index (χ0v) is 26.5. The molecule has 1 saturated heterocycles. The summed E-state index contributed by atoms with van der Waals surface area (Å²) < 4.78 is 27.4. The van der Waals surface area contributed by atoms with Crippen LogP contribution in [-0.2, 0) is 19.1 Å². The van der Waals surface area contributed by atoms with Crippen LogP contribution in [0.15, 0.2) is 6.33 Å². The summed E-state index contributed by atoms with van der Waals surface area (Å²) in [6.45, 7) is 4.46. The van der Waals surface area contributed by atoms with Crippen LogP contribution in [0.2, 0.25) is 0 Å². The van der Waals surface area contributed by atoms with Crippen LogP contribution >= 0.6 is 0 Å². The van der Waals surface area contributed by atoms with Crippen molar-refractivity contribution in [1.29, 1.82) is 0 Å². The Morgan fingerprint density at radius 1 is 1.14 bits per heavy atom. The lowest BCUT2D eigenvalue weighted by molar-refractivity contribution is -0.160. The molecule has 244 valence electrons. The first-order valence-corrected chi connectivity index (χ1v) is 16.4. The highest BCUT2D eigenvalue weighted by atomic mass is 19.1. The number of terminal acetylenes is 1. The summed E-state index contributed by atoms with van der Waals surface area (Å²) in [6.07, 6.45) is 20.3. The Labute approximate surface area is 260 Å². The van der Waals surface area contributed by atoms with E-state index in [0.717, 1.165) is 25.7 Å². The maximum Gasteiger partial charge on any atom is 0.327 e. The summed E-state index contributed by atoms with van der Waals surface area (Å²) >= 11 is 0. The number of fused-ring (bicyclic) bond motifs is 1. The maximum atomic E-state index is 14.7. The maximum absolute atomic E-state index is 14.7. The number of unbranched alkanes of at least 4 members (excludes halogenated alkanes) is 9. The topological polar surface area (TPSA) is 128 Å². The average Bonchev–Trinajstić information content (AvgIpc) is 3.69. The molecule has 10 nitrogen and oxygen atoms in total. The number of aromatic nitrogens is 4.